The Bertz CT molecular complexity index is 175. The minimum Gasteiger partial charge on any atom is -0.394 e. The van der Waals surface area contributed by atoms with Crippen LogP contribution in [0.25, 0.3) is 0 Å². The van der Waals surface area contributed by atoms with Gasteiger partial charge in [-0.25, -0.2) is 0 Å². The van der Waals surface area contributed by atoms with E-state index in [4.69, 9.17) is 0 Å². The van der Waals surface area contributed by atoms with Gasteiger partial charge in [-0.05, 0) is 11.8 Å². The maximum atomic E-state index is 3.90. The molecule has 0 aromatic rings. The smallest absolute Gasteiger partial charge is 0.00864 e. The second kappa shape index (κ2) is 4.02. The molecule has 0 atom stereocenters. The summed E-state index contributed by atoms with van der Waals surface area (Å²) in [6.45, 7) is 11.8. The molecular weight excluding hydrogens is 134 g/mol. The van der Waals surface area contributed by atoms with Gasteiger partial charge in [0.05, 0.1) is 0 Å². The maximum Gasteiger partial charge on any atom is 0.00864 e. The minimum atomic E-state index is 0.00472. The van der Waals surface area contributed by atoms with Crippen molar-refractivity contribution in [2.45, 2.75) is 13.8 Å². The summed E-state index contributed by atoms with van der Waals surface area (Å²) in [7, 11) is 1.88. The van der Waals surface area contributed by atoms with Crippen molar-refractivity contribution in [3.05, 3.63) is 37.1 Å². The molecule has 0 aliphatic rings. The predicted octanol–water partition coefficient (Wildman–Crippen LogP) is 2.49. The third-order valence-electron chi connectivity index (χ3n) is 1.74. The molecule has 1 heteroatoms. The summed E-state index contributed by atoms with van der Waals surface area (Å²) in [6.07, 6.45) is 5.77. The van der Waals surface area contributed by atoms with E-state index in [0.717, 1.165) is 5.57 Å². The fraction of sp³-hybridized carbons (Fsp3) is 0.400. The first-order valence-corrected chi connectivity index (χ1v) is 3.71. The molecule has 0 aliphatic heterocycles. The fourth-order valence-electron chi connectivity index (χ4n) is 0.662. The van der Waals surface area contributed by atoms with Crippen molar-refractivity contribution in [3.63, 3.8) is 0 Å². The summed E-state index contributed by atoms with van der Waals surface area (Å²) in [5.41, 5.74) is 1.04. The Morgan fingerprint density at radius 3 is 2.36 bits per heavy atom. The fourth-order valence-corrected chi connectivity index (χ4v) is 0.662. The molecule has 0 spiro atoms. The highest BCUT2D eigenvalue weighted by atomic mass is 14.8. The van der Waals surface area contributed by atoms with E-state index < -0.39 is 0 Å². The van der Waals surface area contributed by atoms with Gasteiger partial charge in [0.2, 0.25) is 0 Å². The summed E-state index contributed by atoms with van der Waals surface area (Å²) >= 11 is 0. The van der Waals surface area contributed by atoms with Gasteiger partial charge in [0.25, 0.3) is 0 Å². The third-order valence-corrected chi connectivity index (χ3v) is 1.74. The van der Waals surface area contributed by atoms with Crippen LogP contribution >= 0.6 is 0 Å². The minimum absolute atomic E-state index is 0.00472. The van der Waals surface area contributed by atoms with Crippen LogP contribution in [0.3, 0.4) is 0 Å². The SMILES string of the molecule is C=CC(=C)C(C)(C)/C=C\NC. The van der Waals surface area contributed by atoms with E-state index in [0.29, 0.717) is 0 Å². The second-order valence-electron chi connectivity index (χ2n) is 3.07. The Morgan fingerprint density at radius 2 is 2.00 bits per heavy atom. The van der Waals surface area contributed by atoms with Gasteiger partial charge >= 0.3 is 0 Å². The Labute approximate surface area is 69.5 Å². The van der Waals surface area contributed by atoms with Crippen LogP contribution in [0.2, 0.25) is 0 Å². The number of rotatable bonds is 4. The summed E-state index contributed by atoms with van der Waals surface area (Å²) in [5, 5.41) is 2.95. The van der Waals surface area contributed by atoms with E-state index in [9.17, 15) is 0 Å². The Balaban J connectivity index is 4.32. The molecule has 0 rings (SSSR count). The lowest BCUT2D eigenvalue weighted by Gasteiger charge is -2.20. The number of hydrogen-bond acceptors (Lipinski definition) is 1. The van der Waals surface area contributed by atoms with Crippen molar-refractivity contribution >= 4 is 0 Å². The van der Waals surface area contributed by atoms with E-state index in [1.54, 1.807) is 6.08 Å². The molecular formula is C10H17N. The molecule has 0 radical (unpaired) electrons. The summed E-state index contributed by atoms with van der Waals surface area (Å²) in [5.74, 6) is 0. The van der Waals surface area contributed by atoms with Crippen LogP contribution in [0.15, 0.2) is 37.1 Å². The lowest BCUT2D eigenvalue weighted by Crippen LogP contribution is -2.10. The largest absolute Gasteiger partial charge is 0.394 e. The number of nitrogens with one attached hydrogen (secondary N) is 1. The highest BCUT2D eigenvalue weighted by Gasteiger charge is 2.14. The quantitative estimate of drug-likeness (QED) is 0.609. The van der Waals surface area contributed by atoms with Gasteiger partial charge in [0.15, 0.2) is 0 Å². The van der Waals surface area contributed by atoms with E-state index in [2.05, 4.69) is 38.4 Å². The van der Waals surface area contributed by atoms with Gasteiger partial charge < -0.3 is 5.32 Å². The van der Waals surface area contributed by atoms with Crippen molar-refractivity contribution in [2.75, 3.05) is 7.05 Å². The number of hydrogen-bond donors (Lipinski definition) is 1. The molecule has 1 nitrogen and oxygen atoms in total. The molecule has 62 valence electrons. The van der Waals surface area contributed by atoms with Crippen LogP contribution in [-0.2, 0) is 0 Å². The first kappa shape index (κ1) is 10.0. The van der Waals surface area contributed by atoms with E-state index in [-0.39, 0.29) is 5.41 Å². The van der Waals surface area contributed by atoms with Gasteiger partial charge in [0, 0.05) is 12.5 Å². The van der Waals surface area contributed by atoms with Gasteiger partial charge in [0.1, 0.15) is 0 Å². The normalized spacial score (nSPS) is 11.5. The highest BCUT2D eigenvalue weighted by Crippen LogP contribution is 2.26. The zero-order valence-corrected chi connectivity index (χ0v) is 7.65. The molecule has 0 aromatic carbocycles. The van der Waals surface area contributed by atoms with E-state index >= 15 is 0 Å². The molecule has 11 heavy (non-hydrogen) atoms. The molecule has 1 N–H and O–H groups in total. The summed E-state index contributed by atoms with van der Waals surface area (Å²) < 4.78 is 0. The molecule has 0 aliphatic carbocycles. The van der Waals surface area contributed by atoms with Crippen LogP contribution in [0.5, 0.6) is 0 Å². The molecule has 0 saturated carbocycles. The third kappa shape index (κ3) is 3.08. The first-order chi connectivity index (χ1) is 5.04. The zero-order chi connectivity index (χ0) is 8.91. The van der Waals surface area contributed by atoms with Crippen molar-refractivity contribution in [2.24, 2.45) is 5.41 Å². The standard InChI is InChI=1S/C10H17N/c1-6-9(2)10(3,4)7-8-11-5/h6-8,11H,1-2H2,3-5H3/b8-7-. The van der Waals surface area contributed by atoms with Crippen LogP contribution in [0.4, 0.5) is 0 Å². The van der Waals surface area contributed by atoms with Crippen LogP contribution in [-0.4, -0.2) is 7.05 Å². The monoisotopic (exact) mass is 151 g/mol. The van der Waals surface area contributed by atoms with Crippen molar-refractivity contribution in [1.82, 2.24) is 5.32 Å². The second-order valence-corrected chi connectivity index (χ2v) is 3.07. The Morgan fingerprint density at radius 1 is 1.45 bits per heavy atom. The van der Waals surface area contributed by atoms with Crippen LogP contribution < -0.4 is 5.32 Å². The van der Waals surface area contributed by atoms with Crippen molar-refractivity contribution < 1.29 is 0 Å². The Kier molecular flexibility index (Phi) is 3.66. The zero-order valence-electron chi connectivity index (χ0n) is 7.65. The lowest BCUT2D eigenvalue weighted by molar-refractivity contribution is 0.594. The average Bonchev–Trinajstić information content (AvgIpc) is 1.99. The highest BCUT2D eigenvalue weighted by molar-refractivity contribution is 5.25. The predicted molar refractivity (Wildman–Crippen MR) is 51.3 cm³/mol. The van der Waals surface area contributed by atoms with Crippen LogP contribution in [0, 0.1) is 5.41 Å². The topological polar surface area (TPSA) is 12.0 Å². The molecule has 0 aromatic heterocycles. The van der Waals surface area contributed by atoms with Gasteiger partial charge in [-0.1, -0.05) is 39.2 Å². The summed E-state index contributed by atoms with van der Waals surface area (Å²) in [6, 6.07) is 0. The molecule has 0 heterocycles. The lowest BCUT2D eigenvalue weighted by atomic mass is 9.85. The molecule has 0 amide bonds. The van der Waals surface area contributed by atoms with E-state index in [1.165, 1.54) is 0 Å². The Hall–Kier alpha value is -0.980. The van der Waals surface area contributed by atoms with Gasteiger partial charge in [-0.3, -0.25) is 0 Å². The summed E-state index contributed by atoms with van der Waals surface area (Å²) in [4.78, 5) is 0. The van der Waals surface area contributed by atoms with Crippen LogP contribution in [0.1, 0.15) is 13.8 Å². The maximum absolute atomic E-state index is 3.90. The van der Waals surface area contributed by atoms with Crippen molar-refractivity contribution in [3.8, 4) is 0 Å². The van der Waals surface area contributed by atoms with E-state index in [1.807, 2.05) is 13.2 Å². The van der Waals surface area contributed by atoms with Gasteiger partial charge in [-0.2, -0.15) is 0 Å². The molecule has 0 bridgehead atoms. The molecule has 0 saturated heterocycles. The van der Waals surface area contributed by atoms with Crippen molar-refractivity contribution in [1.29, 1.82) is 0 Å². The average molecular weight is 151 g/mol. The van der Waals surface area contributed by atoms with Gasteiger partial charge in [-0.15, -0.1) is 0 Å². The molecule has 0 fully saturated rings. The first-order valence-electron chi connectivity index (χ1n) is 3.71. The molecule has 0 unspecified atom stereocenters. The number of allylic oxidation sites excluding steroid dienone is 3.